The lowest BCUT2D eigenvalue weighted by Gasteiger charge is -2.26. The summed E-state index contributed by atoms with van der Waals surface area (Å²) in [5.74, 6) is 0.831. The lowest BCUT2D eigenvalue weighted by Crippen LogP contribution is -2.45. The van der Waals surface area contributed by atoms with Gasteiger partial charge in [0.2, 0.25) is 11.8 Å². The van der Waals surface area contributed by atoms with Crippen molar-refractivity contribution >= 4 is 11.8 Å². The molecule has 2 amide bonds. The van der Waals surface area contributed by atoms with Crippen molar-refractivity contribution in [3.8, 4) is 0 Å². The summed E-state index contributed by atoms with van der Waals surface area (Å²) in [4.78, 5) is 26.7. The zero-order chi connectivity index (χ0) is 13.4. The predicted molar refractivity (Wildman–Crippen MR) is 72.4 cm³/mol. The van der Waals surface area contributed by atoms with Crippen molar-refractivity contribution in [2.75, 3.05) is 13.1 Å². The summed E-state index contributed by atoms with van der Waals surface area (Å²) in [5.41, 5.74) is 0. The fourth-order valence-corrected chi connectivity index (χ4v) is 4.07. The van der Waals surface area contributed by atoms with Crippen LogP contribution in [0.3, 0.4) is 0 Å². The van der Waals surface area contributed by atoms with Gasteiger partial charge in [-0.2, -0.15) is 0 Å². The molecule has 4 heteroatoms. The van der Waals surface area contributed by atoms with Crippen LogP contribution >= 0.6 is 0 Å². The largest absolute Gasteiger partial charge is 0.315 e. The van der Waals surface area contributed by atoms with Gasteiger partial charge in [-0.25, -0.2) is 0 Å². The van der Waals surface area contributed by atoms with E-state index >= 15 is 0 Å². The Labute approximate surface area is 114 Å². The number of imide groups is 1. The molecule has 0 spiro atoms. The molecular weight excluding hydrogens is 240 g/mol. The number of carbonyl (C=O) groups excluding carboxylic acids is 2. The van der Waals surface area contributed by atoms with Crippen molar-refractivity contribution in [2.45, 2.75) is 51.5 Å². The number of hydrogen-bond acceptors (Lipinski definition) is 3. The Morgan fingerprint density at radius 1 is 1.16 bits per heavy atom. The van der Waals surface area contributed by atoms with Gasteiger partial charge >= 0.3 is 0 Å². The van der Waals surface area contributed by atoms with Crippen LogP contribution in [0.1, 0.15) is 45.4 Å². The number of nitrogens with one attached hydrogen (secondary N) is 1. The second-order valence-corrected chi connectivity index (χ2v) is 6.36. The molecule has 1 aliphatic carbocycles. The van der Waals surface area contributed by atoms with Gasteiger partial charge in [-0.15, -0.1) is 0 Å². The second-order valence-electron chi connectivity index (χ2n) is 6.36. The summed E-state index contributed by atoms with van der Waals surface area (Å²) in [5, 5.41) is 3.35. The first-order valence-electron chi connectivity index (χ1n) is 7.80. The van der Waals surface area contributed by atoms with Crippen molar-refractivity contribution in [3.63, 3.8) is 0 Å². The molecule has 0 aromatic heterocycles. The minimum absolute atomic E-state index is 0.000651. The van der Waals surface area contributed by atoms with Gasteiger partial charge in [-0.3, -0.25) is 14.5 Å². The van der Waals surface area contributed by atoms with Gasteiger partial charge < -0.3 is 5.32 Å². The third kappa shape index (κ3) is 2.20. The van der Waals surface area contributed by atoms with E-state index in [0.29, 0.717) is 5.92 Å². The Morgan fingerprint density at radius 2 is 1.84 bits per heavy atom. The number of rotatable bonds is 2. The molecule has 3 rings (SSSR count). The van der Waals surface area contributed by atoms with E-state index in [4.69, 9.17) is 0 Å². The average molecular weight is 264 g/mol. The molecule has 106 valence electrons. The Kier molecular flexibility index (Phi) is 3.61. The molecule has 3 aliphatic rings. The molecule has 2 heterocycles. The van der Waals surface area contributed by atoms with E-state index in [9.17, 15) is 9.59 Å². The number of likely N-dealkylation sites (tertiary alicyclic amines) is 1. The molecule has 3 fully saturated rings. The van der Waals surface area contributed by atoms with Crippen molar-refractivity contribution in [2.24, 2.45) is 17.8 Å². The maximum atomic E-state index is 12.5. The van der Waals surface area contributed by atoms with E-state index in [-0.39, 0.29) is 29.7 Å². The molecule has 0 bridgehead atoms. The van der Waals surface area contributed by atoms with Gasteiger partial charge in [0, 0.05) is 6.54 Å². The van der Waals surface area contributed by atoms with Gasteiger partial charge in [-0.1, -0.05) is 19.8 Å². The van der Waals surface area contributed by atoms with E-state index in [1.807, 2.05) is 0 Å². The lowest BCUT2D eigenvalue weighted by atomic mass is 10.00. The van der Waals surface area contributed by atoms with Crippen LogP contribution in [0.5, 0.6) is 0 Å². The highest BCUT2D eigenvalue weighted by molar-refractivity contribution is 6.05. The topological polar surface area (TPSA) is 49.4 Å². The van der Waals surface area contributed by atoms with Crippen molar-refractivity contribution in [1.29, 1.82) is 0 Å². The predicted octanol–water partition coefficient (Wildman–Crippen LogP) is 1.55. The molecule has 3 unspecified atom stereocenters. The van der Waals surface area contributed by atoms with E-state index in [2.05, 4.69) is 12.2 Å². The summed E-state index contributed by atoms with van der Waals surface area (Å²) in [7, 11) is 0. The molecular formula is C15H24N2O2. The first-order valence-corrected chi connectivity index (χ1v) is 7.80. The van der Waals surface area contributed by atoms with Crippen molar-refractivity contribution < 1.29 is 9.59 Å². The Morgan fingerprint density at radius 3 is 2.47 bits per heavy atom. The van der Waals surface area contributed by atoms with Crippen LogP contribution in [-0.2, 0) is 9.59 Å². The molecule has 0 aromatic rings. The zero-order valence-corrected chi connectivity index (χ0v) is 11.7. The molecule has 4 nitrogen and oxygen atoms in total. The van der Waals surface area contributed by atoms with Crippen LogP contribution in [0.4, 0.5) is 0 Å². The van der Waals surface area contributed by atoms with Crippen LogP contribution in [-0.4, -0.2) is 35.8 Å². The van der Waals surface area contributed by atoms with Gasteiger partial charge in [0.25, 0.3) is 0 Å². The van der Waals surface area contributed by atoms with E-state index in [1.165, 1.54) is 0 Å². The number of hydrogen-bond donors (Lipinski definition) is 1. The summed E-state index contributed by atoms with van der Waals surface area (Å²) < 4.78 is 0. The maximum absolute atomic E-state index is 12.5. The molecule has 0 radical (unpaired) electrons. The fourth-order valence-electron chi connectivity index (χ4n) is 4.07. The lowest BCUT2D eigenvalue weighted by molar-refractivity contribution is -0.143. The standard InChI is InChI=1S/C15H24N2O2/c1-2-10-7-12-13(8-10)15(19)17(14(12)18)11-5-3-4-6-16-9-11/h10-13,16H,2-9H2,1H3. The van der Waals surface area contributed by atoms with E-state index in [1.54, 1.807) is 4.90 Å². The van der Waals surface area contributed by atoms with Gasteiger partial charge in [0.1, 0.15) is 0 Å². The highest BCUT2D eigenvalue weighted by Crippen LogP contribution is 2.45. The number of carbonyl (C=O) groups is 2. The van der Waals surface area contributed by atoms with Crippen LogP contribution in [0.2, 0.25) is 0 Å². The monoisotopic (exact) mass is 264 g/mol. The molecule has 19 heavy (non-hydrogen) atoms. The normalized spacial score (nSPS) is 39.5. The maximum Gasteiger partial charge on any atom is 0.233 e. The summed E-state index contributed by atoms with van der Waals surface area (Å²) >= 11 is 0. The number of nitrogens with zero attached hydrogens (tertiary/aromatic N) is 1. The molecule has 1 saturated carbocycles. The summed E-state index contributed by atoms with van der Waals surface area (Å²) in [6, 6.07) is 0.105. The molecule has 2 saturated heterocycles. The molecule has 2 aliphatic heterocycles. The van der Waals surface area contributed by atoms with E-state index in [0.717, 1.165) is 51.6 Å². The Bertz CT molecular complexity index is 350. The third-order valence-corrected chi connectivity index (χ3v) is 5.23. The second kappa shape index (κ2) is 5.23. The Balaban J connectivity index is 1.74. The van der Waals surface area contributed by atoms with Gasteiger partial charge in [0.05, 0.1) is 17.9 Å². The fraction of sp³-hybridized carbons (Fsp3) is 0.867. The van der Waals surface area contributed by atoms with Crippen LogP contribution in [0.15, 0.2) is 0 Å². The van der Waals surface area contributed by atoms with Gasteiger partial charge in [-0.05, 0) is 38.1 Å². The Hall–Kier alpha value is -0.900. The highest BCUT2D eigenvalue weighted by atomic mass is 16.2. The number of fused-ring (bicyclic) bond motifs is 1. The first-order chi connectivity index (χ1) is 9.22. The van der Waals surface area contributed by atoms with E-state index < -0.39 is 0 Å². The number of amides is 2. The zero-order valence-electron chi connectivity index (χ0n) is 11.7. The van der Waals surface area contributed by atoms with Crippen molar-refractivity contribution in [3.05, 3.63) is 0 Å². The van der Waals surface area contributed by atoms with Gasteiger partial charge in [0.15, 0.2) is 0 Å². The van der Waals surface area contributed by atoms with Crippen molar-refractivity contribution in [1.82, 2.24) is 10.2 Å². The minimum Gasteiger partial charge on any atom is -0.315 e. The first kappa shape index (κ1) is 13.1. The molecule has 1 N–H and O–H groups in total. The quantitative estimate of drug-likeness (QED) is 0.770. The SMILES string of the molecule is CCC1CC2C(=O)N(C3CCCCNC3)C(=O)C2C1. The third-order valence-electron chi connectivity index (χ3n) is 5.23. The van der Waals surface area contributed by atoms with Crippen LogP contribution in [0.25, 0.3) is 0 Å². The molecule has 3 atom stereocenters. The summed E-state index contributed by atoms with van der Waals surface area (Å²) in [6.45, 7) is 3.96. The molecule has 0 aromatic carbocycles. The summed E-state index contributed by atoms with van der Waals surface area (Å²) in [6.07, 6.45) is 6.20. The average Bonchev–Trinajstić information content (AvgIpc) is 2.80. The highest BCUT2D eigenvalue weighted by Gasteiger charge is 2.53. The minimum atomic E-state index is 0.000651. The smallest absolute Gasteiger partial charge is 0.233 e. The van der Waals surface area contributed by atoms with Crippen LogP contribution in [0, 0.1) is 17.8 Å². The van der Waals surface area contributed by atoms with Crippen LogP contribution < -0.4 is 5.32 Å².